The van der Waals surface area contributed by atoms with Crippen molar-refractivity contribution >= 4 is 6.09 Å². The van der Waals surface area contributed by atoms with Gasteiger partial charge in [0.05, 0.1) is 12.6 Å². The number of amides is 1. The third kappa shape index (κ3) is 1.94. The van der Waals surface area contributed by atoms with Crippen LogP contribution in [0.5, 0.6) is 0 Å². The van der Waals surface area contributed by atoms with Crippen molar-refractivity contribution in [3.05, 3.63) is 0 Å². The van der Waals surface area contributed by atoms with Crippen LogP contribution in [-0.2, 0) is 4.74 Å². The van der Waals surface area contributed by atoms with Gasteiger partial charge in [0.25, 0.3) is 0 Å². The monoisotopic (exact) mass is 186 g/mol. The fraction of sp³-hybridized carbons (Fsp3) is 0.889. The number of carbonyl (C=O) groups is 1. The number of hydrogen-bond acceptors (Lipinski definition) is 3. The molecule has 0 bridgehead atoms. The highest BCUT2D eigenvalue weighted by Gasteiger charge is 2.38. The van der Waals surface area contributed by atoms with E-state index in [9.17, 15) is 4.79 Å². The first-order chi connectivity index (χ1) is 5.99. The quantitative estimate of drug-likeness (QED) is 0.606. The lowest BCUT2D eigenvalue weighted by molar-refractivity contribution is 0.0892. The topological polar surface area (TPSA) is 32.8 Å². The van der Waals surface area contributed by atoms with Gasteiger partial charge in [-0.2, -0.15) is 0 Å². The van der Waals surface area contributed by atoms with Gasteiger partial charge in [-0.1, -0.05) is 0 Å². The van der Waals surface area contributed by atoms with Crippen LogP contribution in [0, 0.1) is 0 Å². The number of hydrogen-bond donors (Lipinski definition) is 0. The molecule has 1 fully saturated rings. The average Bonchev–Trinajstić information content (AvgIpc) is 2.45. The van der Waals surface area contributed by atoms with E-state index < -0.39 is 0 Å². The van der Waals surface area contributed by atoms with Crippen molar-refractivity contribution in [1.29, 1.82) is 0 Å². The van der Waals surface area contributed by atoms with Gasteiger partial charge in [-0.15, -0.1) is 0 Å². The SMILES string of the molecule is COC(=O)N(C)C1(C)CCN(C)C1. The molecule has 0 aromatic rings. The van der Waals surface area contributed by atoms with Gasteiger partial charge < -0.3 is 14.5 Å². The molecular weight excluding hydrogens is 168 g/mol. The minimum Gasteiger partial charge on any atom is -0.453 e. The molecule has 0 aliphatic carbocycles. The van der Waals surface area contributed by atoms with Gasteiger partial charge in [0.2, 0.25) is 0 Å². The summed E-state index contributed by atoms with van der Waals surface area (Å²) in [5.74, 6) is 0. The Bertz CT molecular complexity index is 208. The molecule has 4 nitrogen and oxygen atoms in total. The minimum absolute atomic E-state index is 0.0676. The summed E-state index contributed by atoms with van der Waals surface area (Å²) < 4.78 is 4.69. The van der Waals surface area contributed by atoms with Crippen molar-refractivity contribution in [1.82, 2.24) is 9.80 Å². The number of carbonyl (C=O) groups excluding carboxylic acids is 1. The Balaban J connectivity index is 2.64. The molecule has 1 aliphatic rings. The average molecular weight is 186 g/mol. The number of ether oxygens (including phenoxy) is 1. The maximum absolute atomic E-state index is 11.3. The lowest BCUT2D eigenvalue weighted by Crippen LogP contribution is -2.48. The van der Waals surface area contributed by atoms with Crippen molar-refractivity contribution in [3.63, 3.8) is 0 Å². The van der Waals surface area contributed by atoms with E-state index in [4.69, 9.17) is 4.74 Å². The molecule has 4 heteroatoms. The lowest BCUT2D eigenvalue weighted by Gasteiger charge is -2.33. The van der Waals surface area contributed by atoms with E-state index >= 15 is 0 Å². The van der Waals surface area contributed by atoms with Crippen LogP contribution in [-0.4, -0.2) is 55.7 Å². The Morgan fingerprint density at radius 1 is 1.62 bits per heavy atom. The smallest absolute Gasteiger partial charge is 0.409 e. The van der Waals surface area contributed by atoms with Gasteiger partial charge in [0, 0.05) is 20.1 Å². The van der Waals surface area contributed by atoms with Crippen molar-refractivity contribution in [3.8, 4) is 0 Å². The van der Waals surface area contributed by atoms with E-state index in [1.165, 1.54) is 7.11 Å². The fourth-order valence-electron chi connectivity index (χ4n) is 1.80. The normalized spacial score (nSPS) is 28.9. The van der Waals surface area contributed by atoms with E-state index in [0.717, 1.165) is 19.5 Å². The van der Waals surface area contributed by atoms with Crippen LogP contribution in [0.25, 0.3) is 0 Å². The second kappa shape index (κ2) is 3.54. The molecule has 0 saturated carbocycles. The molecule has 0 aromatic carbocycles. The Morgan fingerprint density at radius 3 is 2.62 bits per heavy atom. The van der Waals surface area contributed by atoms with Crippen molar-refractivity contribution < 1.29 is 9.53 Å². The van der Waals surface area contributed by atoms with E-state index in [-0.39, 0.29) is 11.6 Å². The second-order valence-electron chi connectivity index (χ2n) is 4.01. The van der Waals surface area contributed by atoms with Crippen molar-refractivity contribution in [2.24, 2.45) is 0 Å². The molecule has 1 aliphatic heterocycles. The maximum Gasteiger partial charge on any atom is 0.409 e. The zero-order valence-corrected chi connectivity index (χ0v) is 8.83. The molecular formula is C9H18N2O2. The molecule has 0 spiro atoms. The first kappa shape index (κ1) is 10.3. The van der Waals surface area contributed by atoms with E-state index in [1.807, 2.05) is 0 Å². The van der Waals surface area contributed by atoms with Crippen LogP contribution in [0.4, 0.5) is 4.79 Å². The predicted octanol–water partition coefficient (Wildman–Crippen LogP) is 0.779. The molecule has 1 unspecified atom stereocenters. The van der Waals surface area contributed by atoms with Crippen LogP contribution < -0.4 is 0 Å². The highest BCUT2D eigenvalue weighted by Crippen LogP contribution is 2.25. The standard InChI is InChI=1S/C9H18N2O2/c1-9(5-6-10(2)7-9)11(3)8(12)13-4/h5-7H2,1-4H3. The largest absolute Gasteiger partial charge is 0.453 e. The summed E-state index contributed by atoms with van der Waals surface area (Å²) in [4.78, 5) is 15.2. The second-order valence-corrected chi connectivity index (χ2v) is 4.01. The number of rotatable bonds is 1. The molecule has 76 valence electrons. The third-order valence-electron chi connectivity index (χ3n) is 2.90. The van der Waals surface area contributed by atoms with Crippen molar-refractivity contribution in [2.45, 2.75) is 18.9 Å². The van der Waals surface area contributed by atoms with Crippen LogP contribution in [0.3, 0.4) is 0 Å². The van der Waals surface area contributed by atoms with E-state index in [2.05, 4.69) is 18.9 Å². The van der Waals surface area contributed by atoms with Crippen LogP contribution in [0.1, 0.15) is 13.3 Å². The zero-order chi connectivity index (χ0) is 10.1. The van der Waals surface area contributed by atoms with Gasteiger partial charge in [-0.25, -0.2) is 4.79 Å². The molecule has 13 heavy (non-hydrogen) atoms. The van der Waals surface area contributed by atoms with Crippen LogP contribution >= 0.6 is 0 Å². The summed E-state index contributed by atoms with van der Waals surface area (Å²) in [6.45, 7) is 4.05. The molecule has 1 saturated heterocycles. The van der Waals surface area contributed by atoms with Crippen molar-refractivity contribution in [2.75, 3.05) is 34.3 Å². The summed E-state index contributed by atoms with van der Waals surface area (Å²) in [7, 11) is 5.28. The first-order valence-electron chi connectivity index (χ1n) is 4.50. The minimum atomic E-state index is -0.252. The Kier molecular flexibility index (Phi) is 2.81. The summed E-state index contributed by atoms with van der Waals surface area (Å²) in [6.07, 6.45) is 0.757. The molecule has 0 aromatic heterocycles. The van der Waals surface area contributed by atoms with Gasteiger partial charge in [-0.3, -0.25) is 0 Å². The number of methoxy groups -OCH3 is 1. The van der Waals surface area contributed by atoms with Gasteiger partial charge in [0.15, 0.2) is 0 Å². The molecule has 0 N–H and O–H groups in total. The highest BCUT2D eigenvalue weighted by molar-refractivity contribution is 5.68. The Hall–Kier alpha value is -0.770. The third-order valence-corrected chi connectivity index (χ3v) is 2.90. The first-order valence-corrected chi connectivity index (χ1v) is 4.50. The Morgan fingerprint density at radius 2 is 2.23 bits per heavy atom. The van der Waals surface area contributed by atoms with Gasteiger partial charge in [-0.05, 0) is 20.4 Å². The predicted molar refractivity (Wildman–Crippen MR) is 50.7 cm³/mol. The Labute approximate surface area is 79.4 Å². The zero-order valence-electron chi connectivity index (χ0n) is 8.83. The van der Waals surface area contributed by atoms with Gasteiger partial charge in [0.1, 0.15) is 0 Å². The van der Waals surface area contributed by atoms with Crippen LogP contribution in [0.15, 0.2) is 0 Å². The molecule has 1 rings (SSSR count). The van der Waals surface area contributed by atoms with Gasteiger partial charge >= 0.3 is 6.09 Å². The summed E-state index contributed by atoms with van der Waals surface area (Å²) in [5.41, 5.74) is -0.0676. The maximum atomic E-state index is 11.3. The van der Waals surface area contributed by atoms with Crippen LogP contribution in [0.2, 0.25) is 0 Å². The summed E-state index contributed by atoms with van der Waals surface area (Å²) in [6, 6.07) is 0. The fourth-order valence-corrected chi connectivity index (χ4v) is 1.80. The molecule has 0 radical (unpaired) electrons. The number of nitrogens with zero attached hydrogens (tertiary/aromatic N) is 2. The lowest BCUT2D eigenvalue weighted by atomic mass is 10.0. The number of likely N-dealkylation sites (N-methyl/N-ethyl adjacent to an activating group) is 2. The highest BCUT2D eigenvalue weighted by atomic mass is 16.5. The summed E-state index contributed by atoms with van der Waals surface area (Å²) in [5, 5.41) is 0. The number of likely N-dealkylation sites (tertiary alicyclic amines) is 1. The molecule has 1 heterocycles. The summed E-state index contributed by atoms with van der Waals surface area (Å²) >= 11 is 0. The van der Waals surface area contributed by atoms with E-state index in [1.54, 1.807) is 11.9 Å². The molecule has 1 amide bonds. The molecule has 1 atom stereocenters. The van der Waals surface area contributed by atoms with E-state index in [0.29, 0.717) is 0 Å².